The zero-order chi connectivity index (χ0) is 12.0. The molecular weight excluding hydrogens is 245 g/mol. The molecule has 1 rings (SSSR count). The Kier molecular flexibility index (Phi) is 5.96. The topological polar surface area (TPSA) is 12.5 Å². The van der Waals surface area contributed by atoms with Crippen LogP contribution in [0.5, 0.6) is 0 Å². The van der Waals surface area contributed by atoms with Gasteiger partial charge in [0.15, 0.2) is 0 Å². The third-order valence-corrected chi connectivity index (χ3v) is 3.00. The van der Waals surface area contributed by atoms with Gasteiger partial charge in [-0.1, -0.05) is 11.6 Å². The highest BCUT2D eigenvalue weighted by atomic mass is 35.5. The summed E-state index contributed by atoms with van der Waals surface area (Å²) in [6, 6.07) is 5.82. The fraction of sp³-hybridized carbons (Fsp3) is 0.500. The molecule has 1 aromatic rings. The maximum absolute atomic E-state index is 5.95. The number of ether oxygens (including phenoxy) is 1. The van der Waals surface area contributed by atoms with Gasteiger partial charge in [0, 0.05) is 36.8 Å². The first-order chi connectivity index (χ1) is 7.72. The normalized spacial score (nSPS) is 10.5. The summed E-state index contributed by atoms with van der Waals surface area (Å²) in [6.07, 6.45) is 0. The van der Waals surface area contributed by atoms with Gasteiger partial charge in [0.25, 0.3) is 0 Å². The minimum absolute atomic E-state index is 0.472. The minimum atomic E-state index is 0.472. The highest BCUT2D eigenvalue weighted by Crippen LogP contribution is 2.25. The molecule has 0 atom stereocenters. The van der Waals surface area contributed by atoms with E-state index in [1.54, 1.807) is 7.11 Å². The molecular formula is C12H17Cl2NO. The van der Waals surface area contributed by atoms with Crippen LogP contribution in [0.3, 0.4) is 0 Å². The molecule has 0 fully saturated rings. The Bertz CT molecular complexity index is 331. The molecule has 2 nitrogen and oxygen atoms in total. The van der Waals surface area contributed by atoms with Crippen molar-refractivity contribution in [3.63, 3.8) is 0 Å². The van der Waals surface area contributed by atoms with E-state index in [1.807, 2.05) is 18.2 Å². The summed E-state index contributed by atoms with van der Waals surface area (Å²) < 4.78 is 5.09. The van der Waals surface area contributed by atoms with E-state index >= 15 is 0 Å². The number of likely N-dealkylation sites (N-methyl/N-ethyl adjacent to an activating group) is 1. The van der Waals surface area contributed by atoms with E-state index in [9.17, 15) is 0 Å². The third-order valence-electron chi connectivity index (χ3n) is 2.47. The molecule has 4 heteroatoms. The second-order valence-electron chi connectivity index (χ2n) is 3.48. The van der Waals surface area contributed by atoms with E-state index in [0.717, 1.165) is 29.4 Å². The molecule has 90 valence electrons. The summed E-state index contributed by atoms with van der Waals surface area (Å²) in [5, 5.41) is 0.724. The van der Waals surface area contributed by atoms with Crippen LogP contribution in [0.1, 0.15) is 12.5 Å². The van der Waals surface area contributed by atoms with Crippen LogP contribution in [0.25, 0.3) is 0 Å². The molecule has 16 heavy (non-hydrogen) atoms. The molecule has 0 amide bonds. The predicted molar refractivity (Wildman–Crippen MR) is 70.8 cm³/mol. The van der Waals surface area contributed by atoms with Crippen molar-refractivity contribution in [2.24, 2.45) is 0 Å². The minimum Gasteiger partial charge on any atom is -0.383 e. The molecule has 0 unspecified atom stereocenters. The van der Waals surface area contributed by atoms with Gasteiger partial charge < -0.3 is 9.64 Å². The molecule has 0 aliphatic heterocycles. The average molecular weight is 262 g/mol. The van der Waals surface area contributed by atoms with Crippen molar-refractivity contribution in [3.8, 4) is 0 Å². The number of rotatable bonds is 6. The van der Waals surface area contributed by atoms with Crippen LogP contribution in [-0.2, 0) is 10.6 Å². The van der Waals surface area contributed by atoms with Gasteiger partial charge in [-0.25, -0.2) is 0 Å². The Hall–Kier alpha value is -0.440. The smallest absolute Gasteiger partial charge is 0.0637 e. The van der Waals surface area contributed by atoms with Crippen molar-refractivity contribution in [2.45, 2.75) is 12.8 Å². The highest BCUT2D eigenvalue weighted by molar-refractivity contribution is 6.30. The Balaban J connectivity index is 2.90. The Morgan fingerprint density at radius 2 is 2.12 bits per heavy atom. The lowest BCUT2D eigenvalue weighted by Gasteiger charge is -2.25. The number of benzene rings is 1. The summed E-state index contributed by atoms with van der Waals surface area (Å²) in [5.74, 6) is 0.472. The van der Waals surface area contributed by atoms with E-state index in [4.69, 9.17) is 27.9 Å². The number of nitrogens with zero attached hydrogens (tertiary/aromatic N) is 1. The zero-order valence-corrected chi connectivity index (χ0v) is 11.2. The number of hydrogen-bond donors (Lipinski definition) is 0. The maximum atomic E-state index is 5.95. The van der Waals surface area contributed by atoms with Crippen molar-refractivity contribution in [2.75, 3.05) is 31.7 Å². The van der Waals surface area contributed by atoms with Crippen LogP contribution in [-0.4, -0.2) is 26.8 Å². The standard InChI is InChI=1S/C12H17Cl2NO/c1-3-15(6-7-16-2)12-5-4-11(14)8-10(12)9-13/h4-5,8H,3,6-7,9H2,1-2H3. The van der Waals surface area contributed by atoms with E-state index in [0.29, 0.717) is 12.5 Å². The second kappa shape index (κ2) is 7.00. The molecule has 0 N–H and O–H groups in total. The van der Waals surface area contributed by atoms with Crippen molar-refractivity contribution in [3.05, 3.63) is 28.8 Å². The number of hydrogen-bond acceptors (Lipinski definition) is 2. The van der Waals surface area contributed by atoms with Crippen LogP contribution in [0, 0.1) is 0 Å². The van der Waals surface area contributed by atoms with E-state index in [2.05, 4.69) is 11.8 Å². The van der Waals surface area contributed by atoms with Crippen molar-refractivity contribution in [1.29, 1.82) is 0 Å². The van der Waals surface area contributed by atoms with Gasteiger partial charge >= 0.3 is 0 Å². The first-order valence-corrected chi connectivity index (χ1v) is 6.22. The predicted octanol–water partition coefficient (Wildman–Crippen LogP) is 3.55. The maximum Gasteiger partial charge on any atom is 0.0637 e. The number of halogens is 2. The van der Waals surface area contributed by atoms with Gasteiger partial charge in [0.2, 0.25) is 0 Å². The molecule has 0 saturated heterocycles. The summed E-state index contributed by atoms with van der Waals surface area (Å²) in [4.78, 5) is 2.23. The van der Waals surface area contributed by atoms with E-state index in [-0.39, 0.29) is 0 Å². The molecule has 1 aromatic carbocycles. The molecule has 0 heterocycles. The molecule has 0 aliphatic rings. The number of alkyl halides is 1. The molecule has 0 radical (unpaired) electrons. The highest BCUT2D eigenvalue weighted by Gasteiger charge is 2.09. The van der Waals surface area contributed by atoms with Gasteiger partial charge in [0.1, 0.15) is 0 Å². The fourth-order valence-electron chi connectivity index (χ4n) is 1.62. The third kappa shape index (κ3) is 3.55. The van der Waals surface area contributed by atoms with E-state index in [1.165, 1.54) is 0 Å². The SMILES string of the molecule is CCN(CCOC)c1ccc(Cl)cc1CCl. The Morgan fingerprint density at radius 1 is 1.38 bits per heavy atom. The summed E-state index contributed by atoms with van der Waals surface area (Å²) in [5.41, 5.74) is 2.20. The van der Waals surface area contributed by atoms with Crippen LogP contribution < -0.4 is 4.90 Å². The molecule has 0 saturated carbocycles. The van der Waals surface area contributed by atoms with Crippen molar-refractivity contribution < 1.29 is 4.74 Å². The lowest BCUT2D eigenvalue weighted by atomic mass is 10.2. The number of methoxy groups -OCH3 is 1. The molecule has 0 spiro atoms. The summed E-state index contributed by atoms with van der Waals surface area (Å²) >= 11 is 11.9. The largest absolute Gasteiger partial charge is 0.383 e. The monoisotopic (exact) mass is 261 g/mol. The van der Waals surface area contributed by atoms with Crippen molar-refractivity contribution >= 4 is 28.9 Å². The Labute approximate surface area is 107 Å². The average Bonchev–Trinajstić information content (AvgIpc) is 2.31. The summed E-state index contributed by atoms with van der Waals surface area (Å²) in [7, 11) is 1.71. The number of anilines is 1. The van der Waals surface area contributed by atoms with Crippen LogP contribution in [0.15, 0.2) is 18.2 Å². The van der Waals surface area contributed by atoms with Gasteiger partial charge in [0.05, 0.1) is 6.61 Å². The van der Waals surface area contributed by atoms with E-state index < -0.39 is 0 Å². The zero-order valence-electron chi connectivity index (χ0n) is 9.67. The van der Waals surface area contributed by atoms with Crippen LogP contribution >= 0.6 is 23.2 Å². The first kappa shape index (κ1) is 13.6. The quantitative estimate of drug-likeness (QED) is 0.727. The first-order valence-electron chi connectivity index (χ1n) is 5.31. The molecule has 0 aliphatic carbocycles. The van der Waals surface area contributed by atoms with Crippen LogP contribution in [0.2, 0.25) is 5.02 Å². The fourth-order valence-corrected chi connectivity index (χ4v) is 2.03. The second-order valence-corrected chi connectivity index (χ2v) is 4.18. The lowest BCUT2D eigenvalue weighted by Crippen LogP contribution is -2.27. The van der Waals surface area contributed by atoms with Gasteiger partial charge in [-0.3, -0.25) is 0 Å². The van der Waals surface area contributed by atoms with Gasteiger partial charge in [-0.2, -0.15) is 0 Å². The summed E-state index contributed by atoms with van der Waals surface area (Å²) in [6.45, 7) is 4.61. The van der Waals surface area contributed by atoms with Gasteiger partial charge in [-0.05, 0) is 30.7 Å². The van der Waals surface area contributed by atoms with Crippen molar-refractivity contribution in [1.82, 2.24) is 0 Å². The lowest BCUT2D eigenvalue weighted by molar-refractivity contribution is 0.205. The molecule has 0 bridgehead atoms. The molecule has 0 aromatic heterocycles. The Morgan fingerprint density at radius 3 is 2.69 bits per heavy atom. The van der Waals surface area contributed by atoms with Gasteiger partial charge in [-0.15, -0.1) is 11.6 Å². The van der Waals surface area contributed by atoms with Crippen LogP contribution in [0.4, 0.5) is 5.69 Å².